The molecule has 0 fully saturated rings. The van der Waals surface area contributed by atoms with Gasteiger partial charge in [-0.3, -0.25) is 4.79 Å². The first-order valence-electron chi connectivity index (χ1n) is 6.33. The molecule has 98 valence electrons. The van der Waals surface area contributed by atoms with Crippen LogP contribution in [0.5, 0.6) is 0 Å². The second-order valence-electron chi connectivity index (χ2n) is 4.89. The van der Waals surface area contributed by atoms with Crippen molar-refractivity contribution in [3.8, 4) is 0 Å². The molecule has 1 aliphatic rings. The van der Waals surface area contributed by atoms with Gasteiger partial charge in [-0.25, -0.2) is 0 Å². The number of hydrogen-bond acceptors (Lipinski definition) is 3. The lowest BCUT2D eigenvalue weighted by Crippen LogP contribution is -2.35. The minimum Gasteiger partial charge on any atom is -0.480 e. The van der Waals surface area contributed by atoms with Crippen molar-refractivity contribution in [1.29, 1.82) is 0 Å². The van der Waals surface area contributed by atoms with Gasteiger partial charge in [0.1, 0.15) is 0 Å². The van der Waals surface area contributed by atoms with Crippen molar-refractivity contribution in [2.24, 2.45) is 0 Å². The fourth-order valence-corrected chi connectivity index (χ4v) is 2.42. The fourth-order valence-electron chi connectivity index (χ4n) is 2.42. The smallest absolute Gasteiger partial charge is 0.317 e. The molecule has 4 nitrogen and oxygen atoms in total. The first-order chi connectivity index (χ1) is 8.58. The Morgan fingerprint density at radius 2 is 2.11 bits per heavy atom. The highest BCUT2D eigenvalue weighted by atomic mass is 16.4. The molecule has 0 aliphatic heterocycles. The lowest BCUT2D eigenvalue weighted by molar-refractivity contribution is -0.136. The Labute approximate surface area is 107 Å². The Morgan fingerprint density at radius 3 is 2.83 bits per heavy atom. The molecule has 0 saturated heterocycles. The zero-order valence-corrected chi connectivity index (χ0v) is 10.5. The number of aliphatic hydroxyl groups is 1. The number of aliphatic hydroxyl groups excluding tert-OH is 1. The number of carbonyl (C=O) groups is 1. The molecule has 4 heteroatoms. The number of aliphatic carboxylic acids is 1. The molecule has 2 rings (SSSR count). The number of benzene rings is 1. The number of carboxylic acid groups (broad SMARTS) is 1. The maximum absolute atomic E-state index is 10.5. The van der Waals surface area contributed by atoms with Gasteiger partial charge >= 0.3 is 5.97 Å². The summed E-state index contributed by atoms with van der Waals surface area (Å²) in [6.07, 6.45) is 2.71. The van der Waals surface area contributed by atoms with Gasteiger partial charge in [0, 0.05) is 6.04 Å². The summed E-state index contributed by atoms with van der Waals surface area (Å²) in [6, 6.07) is 5.78. The highest BCUT2D eigenvalue weighted by Crippen LogP contribution is 2.26. The molecule has 3 N–H and O–H groups in total. The van der Waals surface area contributed by atoms with Gasteiger partial charge in [-0.1, -0.05) is 18.2 Å². The van der Waals surface area contributed by atoms with Crippen LogP contribution in [0.1, 0.15) is 36.1 Å². The van der Waals surface area contributed by atoms with Gasteiger partial charge in [0.05, 0.1) is 12.6 Å². The molecule has 0 saturated carbocycles. The van der Waals surface area contributed by atoms with Crippen molar-refractivity contribution in [2.75, 3.05) is 6.54 Å². The second-order valence-corrected chi connectivity index (χ2v) is 4.89. The Kier molecular flexibility index (Phi) is 3.99. The van der Waals surface area contributed by atoms with Gasteiger partial charge in [0.25, 0.3) is 0 Å². The van der Waals surface area contributed by atoms with Gasteiger partial charge in [-0.05, 0) is 42.9 Å². The summed E-state index contributed by atoms with van der Waals surface area (Å²) in [4.78, 5) is 10.5. The SMILES string of the molecule is CC(NCC(=O)O)C(O)c1ccc2c(c1)CCC2. The lowest BCUT2D eigenvalue weighted by atomic mass is 9.99. The fraction of sp³-hybridized carbons (Fsp3) is 0.500. The number of hydrogen-bond donors (Lipinski definition) is 3. The lowest BCUT2D eigenvalue weighted by Gasteiger charge is -2.20. The van der Waals surface area contributed by atoms with Crippen LogP contribution < -0.4 is 5.32 Å². The maximum Gasteiger partial charge on any atom is 0.317 e. The molecule has 0 radical (unpaired) electrons. The van der Waals surface area contributed by atoms with Crippen LogP contribution in [-0.2, 0) is 17.6 Å². The zero-order chi connectivity index (χ0) is 13.1. The molecule has 0 spiro atoms. The highest BCUT2D eigenvalue weighted by molar-refractivity contribution is 5.69. The summed E-state index contributed by atoms with van der Waals surface area (Å²) in [5.74, 6) is -0.914. The topological polar surface area (TPSA) is 69.6 Å². The van der Waals surface area contributed by atoms with Crippen LogP contribution in [0.4, 0.5) is 0 Å². The van der Waals surface area contributed by atoms with E-state index in [1.165, 1.54) is 17.5 Å². The number of nitrogens with one attached hydrogen (secondary N) is 1. The van der Waals surface area contributed by atoms with Crippen LogP contribution >= 0.6 is 0 Å². The molecule has 2 atom stereocenters. The highest BCUT2D eigenvalue weighted by Gasteiger charge is 2.19. The van der Waals surface area contributed by atoms with E-state index in [0.717, 1.165) is 18.4 Å². The van der Waals surface area contributed by atoms with Crippen LogP contribution in [0.3, 0.4) is 0 Å². The van der Waals surface area contributed by atoms with E-state index in [0.29, 0.717) is 0 Å². The number of rotatable bonds is 5. The predicted octanol–water partition coefficient (Wildman–Crippen LogP) is 1.27. The third-order valence-electron chi connectivity index (χ3n) is 3.51. The van der Waals surface area contributed by atoms with E-state index in [2.05, 4.69) is 11.4 Å². The summed E-state index contributed by atoms with van der Waals surface area (Å²) < 4.78 is 0. The molecule has 2 unspecified atom stereocenters. The average Bonchev–Trinajstić information content (AvgIpc) is 2.81. The standard InChI is InChI=1S/C14H19NO3/c1-9(15-8-13(16)17)14(18)12-6-5-10-3-2-4-11(10)7-12/h5-7,9,14-15,18H,2-4,8H2,1H3,(H,16,17). The molecule has 1 aromatic carbocycles. The van der Waals surface area contributed by atoms with E-state index >= 15 is 0 Å². The molecular weight excluding hydrogens is 230 g/mol. The Morgan fingerprint density at radius 1 is 1.39 bits per heavy atom. The third kappa shape index (κ3) is 2.89. The summed E-state index contributed by atoms with van der Waals surface area (Å²) in [7, 11) is 0. The summed E-state index contributed by atoms with van der Waals surface area (Å²) in [5, 5.41) is 21.6. The van der Waals surface area contributed by atoms with Crippen molar-refractivity contribution in [3.63, 3.8) is 0 Å². The molecule has 0 heterocycles. The Balaban J connectivity index is 2.04. The molecule has 0 aromatic heterocycles. The van der Waals surface area contributed by atoms with Gasteiger partial charge in [-0.15, -0.1) is 0 Å². The summed E-state index contributed by atoms with van der Waals surface area (Å²) in [6.45, 7) is 1.66. The molecule has 1 aliphatic carbocycles. The molecular formula is C14H19NO3. The number of aryl methyl sites for hydroxylation is 2. The zero-order valence-electron chi connectivity index (χ0n) is 10.5. The van der Waals surface area contributed by atoms with E-state index in [4.69, 9.17) is 5.11 Å². The van der Waals surface area contributed by atoms with Crippen LogP contribution in [0, 0.1) is 0 Å². The van der Waals surface area contributed by atoms with E-state index in [-0.39, 0.29) is 12.6 Å². The second kappa shape index (κ2) is 5.50. The van der Waals surface area contributed by atoms with E-state index < -0.39 is 12.1 Å². The third-order valence-corrected chi connectivity index (χ3v) is 3.51. The monoisotopic (exact) mass is 249 g/mol. The van der Waals surface area contributed by atoms with Crippen LogP contribution in [0.2, 0.25) is 0 Å². The molecule has 1 aromatic rings. The van der Waals surface area contributed by atoms with E-state index in [9.17, 15) is 9.90 Å². The van der Waals surface area contributed by atoms with Gasteiger partial charge in [-0.2, -0.15) is 0 Å². The minimum absolute atomic E-state index is 0.136. The van der Waals surface area contributed by atoms with E-state index in [1.54, 1.807) is 6.92 Å². The normalized spacial score (nSPS) is 17.2. The summed E-state index contributed by atoms with van der Waals surface area (Å²) in [5.41, 5.74) is 3.55. The maximum atomic E-state index is 10.5. The quantitative estimate of drug-likeness (QED) is 0.735. The molecule has 0 bridgehead atoms. The summed E-state index contributed by atoms with van der Waals surface area (Å²) >= 11 is 0. The largest absolute Gasteiger partial charge is 0.480 e. The molecule has 18 heavy (non-hydrogen) atoms. The van der Waals surface area contributed by atoms with Crippen molar-refractivity contribution in [3.05, 3.63) is 34.9 Å². The van der Waals surface area contributed by atoms with Crippen molar-refractivity contribution in [2.45, 2.75) is 38.3 Å². The van der Waals surface area contributed by atoms with Crippen molar-refractivity contribution >= 4 is 5.97 Å². The Hall–Kier alpha value is -1.39. The van der Waals surface area contributed by atoms with Crippen molar-refractivity contribution < 1.29 is 15.0 Å². The van der Waals surface area contributed by atoms with E-state index in [1.807, 2.05) is 12.1 Å². The number of carboxylic acids is 1. The van der Waals surface area contributed by atoms with Crippen LogP contribution in [0.25, 0.3) is 0 Å². The molecule has 0 amide bonds. The Bertz CT molecular complexity index is 445. The number of fused-ring (bicyclic) bond motifs is 1. The van der Waals surface area contributed by atoms with Crippen LogP contribution in [0.15, 0.2) is 18.2 Å². The predicted molar refractivity (Wildman–Crippen MR) is 68.5 cm³/mol. The first-order valence-corrected chi connectivity index (χ1v) is 6.33. The minimum atomic E-state index is -0.914. The van der Waals surface area contributed by atoms with Crippen molar-refractivity contribution in [1.82, 2.24) is 5.32 Å². The van der Waals surface area contributed by atoms with Crippen LogP contribution in [-0.4, -0.2) is 28.8 Å². The first kappa shape index (κ1) is 13.1. The average molecular weight is 249 g/mol. The van der Waals surface area contributed by atoms with Gasteiger partial charge in [0.2, 0.25) is 0 Å². The van der Waals surface area contributed by atoms with Gasteiger partial charge in [0.15, 0.2) is 0 Å². The van der Waals surface area contributed by atoms with Gasteiger partial charge < -0.3 is 15.5 Å².